The van der Waals surface area contributed by atoms with E-state index < -0.39 is 18.2 Å². The summed E-state index contributed by atoms with van der Waals surface area (Å²) >= 11 is -2.67. The molecule has 0 bridgehead atoms. The zero-order valence-corrected chi connectivity index (χ0v) is 24.6. The molecule has 184 valence electrons. The molecule has 0 aliphatic heterocycles. The van der Waals surface area contributed by atoms with Crippen LogP contribution in [0.2, 0.25) is 0 Å². The molecule has 0 spiro atoms. The second kappa shape index (κ2) is 12.4. The fraction of sp³-hybridized carbons (Fsp3) is 0.357. The number of halogens is 2. The van der Waals surface area contributed by atoms with Gasteiger partial charge in [-0.25, -0.2) is 0 Å². The molecule has 3 aromatic rings. The molecule has 0 amide bonds. The van der Waals surface area contributed by atoms with Crippen molar-refractivity contribution in [3.63, 3.8) is 0 Å². The Morgan fingerprint density at radius 2 is 1.18 bits per heavy atom. The van der Waals surface area contributed by atoms with E-state index in [0.29, 0.717) is 0 Å². The van der Waals surface area contributed by atoms with Gasteiger partial charge in [-0.1, -0.05) is 0 Å². The van der Waals surface area contributed by atoms with E-state index in [1.54, 1.807) is 6.20 Å². The molecule has 0 radical (unpaired) electrons. The standard InChI is InChI=1S/2C11H16O.C6H5N.2ClH.Ti/c2*1-8-5-6-10(12)9(7-8)11(2,3)4;1-6-4-2-3-5-7-6;;;/h2*5-7,12H,1-4H3;1-5H;2*1H;/q;;;;;+2/p-2. The van der Waals surface area contributed by atoms with Gasteiger partial charge >= 0.3 is 201 Å². The van der Waals surface area contributed by atoms with Gasteiger partial charge in [-0.3, -0.25) is 0 Å². The molecule has 0 aliphatic carbocycles. The van der Waals surface area contributed by atoms with Crippen LogP contribution in [0.5, 0.6) is 11.5 Å². The van der Waals surface area contributed by atoms with Crippen molar-refractivity contribution in [1.82, 2.24) is 4.98 Å². The fourth-order valence-electron chi connectivity index (χ4n) is 3.52. The Morgan fingerprint density at radius 3 is 1.56 bits per heavy atom. The number of nitrogens with zero attached hydrogens (tertiary/aromatic N) is 1. The number of benzene rings is 2. The quantitative estimate of drug-likeness (QED) is 0.310. The number of hydrogen-bond acceptors (Lipinski definition) is 3. The van der Waals surface area contributed by atoms with Gasteiger partial charge in [0.25, 0.3) is 0 Å². The monoisotopic (exact) mass is 537 g/mol. The first-order valence-electron chi connectivity index (χ1n) is 11.1. The summed E-state index contributed by atoms with van der Waals surface area (Å²) in [5.41, 5.74) is 5.67. The van der Waals surface area contributed by atoms with Crippen molar-refractivity contribution in [3.05, 3.63) is 88.7 Å². The van der Waals surface area contributed by atoms with Crippen LogP contribution >= 0.6 is 24.8 Å². The largest absolute Gasteiger partial charge is 0.147 e. The molecule has 0 atom stereocenters. The molecule has 3 nitrogen and oxygen atoms in total. The minimum Gasteiger partial charge on any atom is -0.147 e. The van der Waals surface area contributed by atoms with Crippen LogP contribution in [0.4, 0.5) is 0 Å². The number of rotatable bonds is 5. The first-order valence-corrected chi connectivity index (χ1v) is 13.3. The Kier molecular flexibility index (Phi) is 11.0. The van der Waals surface area contributed by atoms with Crippen LogP contribution in [0.25, 0.3) is 0 Å². The number of hydrogen-bond donors (Lipinski definition) is 0. The van der Waals surface area contributed by atoms with Gasteiger partial charge in [0.15, 0.2) is 0 Å². The van der Waals surface area contributed by atoms with Crippen molar-refractivity contribution >= 4 is 29.1 Å². The van der Waals surface area contributed by atoms with Gasteiger partial charge in [0, 0.05) is 0 Å². The summed E-state index contributed by atoms with van der Waals surface area (Å²) in [6, 6.07) is 18.7. The fourth-order valence-corrected chi connectivity index (χ4v) is 5.64. The van der Waals surface area contributed by atoms with E-state index in [-0.39, 0.29) is 35.6 Å². The molecule has 2 aromatic carbocycles. The Balaban J connectivity index is 0.00000289. The SMILES string of the molecule is Cc1ccc([O][Ti](=[CH]c2ccccn2)[O]c2ccc(C)cc2C(C)(C)C)c(C(C)(C)C)c1.Cl.Cl. The van der Waals surface area contributed by atoms with Crippen LogP contribution < -0.4 is 6.64 Å². The van der Waals surface area contributed by atoms with E-state index in [4.69, 9.17) is 6.64 Å². The van der Waals surface area contributed by atoms with Crippen molar-refractivity contribution in [2.24, 2.45) is 0 Å². The summed E-state index contributed by atoms with van der Waals surface area (Å²) in [6.07, 6.45) is 1.81. The van der Waals surface area contributed by atoms with Gasteiger partial charge in [-0.05, 0) is 0 Å². The Labute approximate surface area is 224 Å². The van der Waals surface area contributed by atoms with Gasteiger partial charge in [-0.15, -0.1) is 24.8 Å². The summed E-state index contributed by atoms with van der Waals surface area (Å²) in [5, 5.41) is 0. The number of aryl methyl sites for hydroxylation is 2. The van der Waals surface area contributed by atoms with Gasteiger partial charge in [0.1, 0.15) is 0 Å². The zero-order chi connectivity index (χ0) is 23.5. The van der Waals surface area contributed by atoms with Crippen LogP contribution in [-0.2, 0) is 29.0 Å². The first kappa shape index (κ1) is 30.4. The minimum absolute atomic E-state index is 0. The van der Waals surface area contributed by atoms with Gasteiger partial charge < -0.3 is 0 Å². The van der Waals surface area contributed by atoms with Crippen molar-refractivity contribution < 1.29 is 24.8 Å². The van der Waals surface area contributed by atoms with Gasteiger partial charge in [0.05, 0.1) is 0 Å². The molecular formula is C28H37Cl2NO2Ti. The number of aromatic nitrogens is 1. The van der Waals surface area contributed by atoms with Crippen molar-refractivity contribution in [3.8, 4) is 11.5 Å². The van der Waals surface area contributed by atoms with Crippen molar-refractivity contribution in [2.45, 2.75) is 66.2 Å². The molecule has 3 rings (SSSR count). The molecule has 1 aromatic heterocycles. The van der Waals surface area contributed by atoms with E-state index in [0.717, 1.165) is 17.2 Å². The summed E-state index contributed by atoms with van der Waals surface area (Å²) in [7, 11) is 0. The zero-order valence-electron chi connectivity index (χ0n) is 21.4. The molecule has 1 heterocycles. The smallest absolute Gasteiger partial charge is 0.147 e. The normalized spacial score (nSPS) is 11.1. The maximum Gasteiger partial charge on any atom is -0.147 e. The average Bonchev–Trinajstić information content (AvgIpc) is 2.70. The first-order chi connectivity index (χ1) is 14.9. The summed E-state index contributed by atoms with van der Waals surface area (Å²) in [4.78, 5) is 4.50. The van der Waals surface area contributed by atoms with Crippen LogP contribution in [0.1, 0.15) is 69.5 Å². The topological polar surface area (TPSA) is 31.4 Å². The van der Waals surface area contributed by atoms with E-state index in [1.165, 1.54) is 22.3 Å². The maximum absolute atomic E-state index is 6.68. The van der Waals surface area contributed by atoms with Gasteiger partial charge in [0.2, 0.25) is 0 Å². The molecule has 34 heavy (non-hydrogen) atoms. The molecule has 6 heteroatoms. The van der Waals surface area contributed by atoms with Gasteiger partial charge in [-0.2, -0.15) is 0 Å². The minimum atomic E-state index is -2.67. The summed E-state index contributed by atoms with van der Waals surface area (Å²) in [5.74, 6) is 1.80. The summed E-state index contributed by atoms with van der Waals surface area (Å²) < 4.78 is 15.5. The Hall–Kier alpha value is -1.65. The van der Waals surface area contributed by atoms with Crippen LogP contribution in [0.15, 0.2) is 60.8 Å². The molecule has 0 N–H and O–H groups in total. The van der Waals surface area contributed by atoms with Crippen LogP contribution in [-0.4, -0.2) is 9.30 Å². The van der Waals surface area contributed by atoms with E-state index >= 15 is 0 Å². The molecular weight excluding hydrogens is 501 g/mol. The second-order valence-corrected chi connectivity index (χ2v) is 12.5. The predicted octanol–water partition coefficient (Wildman–Crippen LogP) is 7.89. The molecule has 0 unspecified atom stereocenters. The molecule has 0 saturated heterocycles. The molecule has 0 fully saturated rings. The molecule has 0 aliphatic rings. The number of pyridine rings is 1. The summed E-state index contributed by atoms with van der Waals surface area (Å²) in [6.45, 7) is 17.5. The van der Waals surface area contributed by atoms with Crippen molar-refractivity contribution in [2.75, 3.05) is 0 Å². The van der Waals surface area contributed by atoms with E-state index in [9.17, 15) is 0 Å². The predicted molar refractivity (Wildman–Crippen MR) is 145 cm³/mol. The third-order valence-electron chi connectivity index (χ3n) is 5.26. The third-order valence-corrected chi connectivity index (χ3v) is 7.41. The Morgan fingerprint density at radius 1 is 0.706 bits per heavy atom. The third kappa shape index (κ3) is 8.24. The van der Waals surface area contributed by atoms with E-state index in [1.807, 2.05) is 18.2 Å². The van der Waals surface area contributed by atoms with Crippen LogP contribution in [0, 0.1) is 13.8 Å². The second-order valence-electron chi connectivity index (χ2n) is 10.4. The maximum atomic E-state index is 6.68. The molecule has 0 saturated carbocycles. The Bertz CT molecular complexity index is 1050. The van der Waals surface area contributed by atoms with Crippen LogP contribution in [0.3, 0.4) is 0 Å². The van der Waals surface area contributed by atoms with E-state index in [2.05, 4.69) is 101 Å². The van der Waals surface area contributed by atoms with Crippen molar-refractivity contribution in [1.29, 1.82) is 0 Å². The average molecular weight is 538 g/mol.